The molecule has 1 atom stereocenters. The molecule has 88 valence electrons. The second-order valence-corrected chi connectivity index (χ2v) is 4.71. The van der Waals surface area contributed by atoms with Crippen LogP contribution in [0.5, 0.6) is 0 Å². The molecule has 0 bridgehead atoms. The van der Waals surface area contributed by atoms with Crippen LogP contribution in [0.25, 0.3) is 11.1 Å². The van der Waals surface area contributed by atoms with Crippen LogP contribution in [0.1, 0.15) is 24.1 Å². The third kappa shape index (κ3) is 1.76. The highest BCUT2D eigenvalue weighted by Crippen LogP contribution is 2.32. The lowest BCUT2D eigenvalue weighted by Gasteiger charge is -2.26. The molecular weight excluding hydrogens is 210 g/mol. The first kappa shape index (κ1) is 10.5. The molecule has 2 heterocycles. The molecule has 1 aromatic carbocycles. The Labute approximate surface area is 101 Å². The fourth-order valence-corrected chi connectivity index (χ4v) is 2.68. The highest BCUT2D eigenvalue weighted by Gasteiger charge is 2.19. The summed E-state index contributed by atoms with van der Waals surface area (Å²) in [7, 11) is 1.96. The van der Waals surface area contributed by atoms with E-state index in [-0.39, 0.29) is 0 Å². The van der Waals surface area contributed by atoms with Crippen LogP contribution in [0.3, 0.4) is 0 Å². The summed E-state index contributed by atoms with van der Waals surface area (Å²) in [6.45, 7) is 3.31. The van der Waals surface area contributed by atoms with Crippen LogP contribution < -0.4 is 5.32 Å². The van der Waals surface area contributed by atoms with Gasteiger partial charge in [0.15, 0.2) is 0 Å². The van der Waals surface area contributed by atoms with E-state index in [4.69, 9.17) is 0 Å². The van der Waals surface area contributed by atoms with E-state index in [0.717, 1.165) is 13.0 Å². The minimum Gasteiger partial charge on any atom is -0.310 e. The maximum atomic E-state index is 4.26. The quantitative estimate of drug-likeness (QED) is 0.810. The number of aromatic nitrogens is 2. The summed E-state index contributed by atoms with van der Waals surface area (Å²) in [6, 6.07) is 7.01. The van der Waals surface area contributed by atoms with Crippen LogP contribution in [0, 0.1) is 0 Å². The standard InChI is InChI=1S/C14H17N3/c1-10-14-11(6-7-15-10)4-3-5-13(14)12-8-16-17(2)9-12/h3-5,8-10,15H,6-7H2,1-2H3. The summed E-state index contributed by atoms with van der Waals surface area (Å²) in [6.07, 6.45) is 5.14. The number of hydrogen-bond acceptors (Lipinski definition) is 2. The molecule has 0 saturated heterocycles. The van der Waals surface area contributed by atoms with E-state index >= 15 is 0 Å². The average Bonchev–Trinajstić information content (AvgIpc) is 2.75. The van der Waals surface area contributed by atoms with Crippen molar-refractivity contribution < 1.29 is 0 Å². The molecule has 0 saturated carbocycles. The van der Waals surface area contributed by atoms with E-state index in [1.165, 1.54) is 22.3 Å². The Morgan fingerprint density at radius 1 is 1.41 bits per heavy atom. The van der Waals surface area contributed by atoms with Crippen LogP contribution in [0.2, 0.25) is 0 Å². The zero-order valence-electron chi connectivity index (χ0n) is 10.3. The van der Waals surface area contributed by atoms with Crippen molar-refractivity contribution in [2.24, 2.45) is 7.05 Å². The monoisotopic (exact) mass is 227 g/mol. The van der Waals surface area contributed by atoms with Gasteiger partial charge in [-0.15, -0.1) is 0 Å². The summed E-state index contributed by atoms with van der Waals surface area (Å²) in [5, 5.41) is 7.79. The Kier molecular flexibility index (Phi) is 2.48. The van der Waals surface area contributed by atoms with Gasteiger partial charge in [0.05, 0.1) is 6.20 Å². The molecule has 0 radical (unpaired) electrons. The van der Waals surface area contributed by atoms with Crippen LogP contribution >= 0.6 is 0 Å². The molecule has 0 fully saturated rings. The van der Waals surface area contributed by atoms with Gasteiger partial charge in [-0.25, -0.2) is 0 Å². The van der Waals surface area contributed by atoms with Crippen LogP contribution in [-0.2, 0) is 13.5 Å². The van der Waals surface area contributed by atoms with Gasteiger partial charge < -0.3 is 5.32 Å². The summed E-state index contributed by atoms with van der Waals surface area (Å²) >= 11 is 0. The number of benzene rings is 1. The fraction of sp³-hybridized carbons (Fsp3) is 0.357. The fourth-order valence-electron chi connectivity index (χ4n) is 2.68. The van der Waals surface area contributed by atoms with Gasteiger partial charge in [-0.2, -0.15) is 5.10 Å². The lowest BCUT2D eigenvalue weighted by atomic mass is 9.89. The SMILES string of the molecule is CC1NCCc2cccc(-c3cnn(C)c3)c21. The Balaban J connectivity index is 2.17. The topological polar surface area (TPSA) is 29.9 Å². The van der Waals surface area contributed by atoms with Crippen molar-refractivity contribution in [2.45, 2.75) is 19.4 Å². The van der Waals surface area contributed by atoms with Crippen molar-refractivity contribution in [3.8, 4) is 11.1 Å². The zero-order valence-corrected chi connectivity index (χ0v) is 10.3. The highest BCUT2D eigenvalue weighted by atomic mass is 15.2. The molecule has 0 aliphatic carbocycles. The van der Waals surface area contributed by atoms with Gasteiger partial charge in [0.2, 0.25) is 0 Å². The Bertz CT molecular complexity index is 542. The summed E-state index contributed by atoms with van der Waals surface area (Å²) in [5.74, 6) is 0. The van der Waals surface area contributed by atoms with Crippen LogP contribution in [0.15, 0.2) is 30.6 Å². The van der Waals surface area contributed by atoms with Crippen molar-refractivity contribution in [1.82, 2.24) is 15.1 Å². The molecule has 3 rings (SSSR count). The number of fused-ring (bicyclic) bond motifs is 1. The normalized spacial score (nSPS) is 19.1. The van der Waals surface area contributed by atoms with Gasteiger partial charge in [-0.1, -0.05) is 18.2 Å². The number of aryl methyl sites for hydroxylation is 1. The molecule has 0 amide bonds. The van der Waals surface area contributed by atoms with Gasteiger partial charge in [-0.05, 0) is 36.6 Å². The molecule has 1 unspecified atom stereocenters. The Morgan fingerprint density at radius 3 is 3.06 bits per heavy atom. The first-order valence-corrected chi connectivity index (χ1v) is 6.10. The number of hydrogen-bond donors (Lipinski definition) is 1. The summed E-state index contributed by atoms with van der Waals surface area (Å²) < 4.78 is 1.86. The largest absolute Gasteiger partial charge is 0.310 e. The predicted molar refractivity (Wildman–Crippen MR) is 68.8 cm³/mol. The van der Waals surface area contributed by atoms with Crippen molar-refractivity contribution in [1.29, 1.82) is 0 Å². The van der Waals surface area contributed by atoms with E-state index in [0.29, 0.717) is 6.04 Å². The maximum Gasteiger partial charge on any atom is 0.0568 e. The van der Waals surface area contributed by atoms with Gasteiger partial charge in [-0.3, -0.25) is 4.68 Å². The van der Waals surface area contributed by atoms with E-state index < -0.39 is 0 Å². The van der Waals surface area contributed by atoms with Crippen LogP contribution in [-0.4, -0.2) is 16.3 Å². The van der Waals surface area contributed by atoms with Crippen molar-refractivity contribution >= 4 is 0 Å². The van der Waals surface area contributed by atoms with E-state index in [1.807, 2.05) is 17.9 Å². The molecule has 17 heavy (non-hydrogen) atoms. The maximum absolute atomic E-state index is 4.26. The average molecular weight is 227 g/mol. The van der Waals surface area contributed by atoms with Crippen molar-refractivity contribution in [3.63, 3.8) is 0 Å². The van der Waals surface area contributed by atoms with Gasteiger partial charge in [0.25, 0.3) is 0 Å². The zero-order chi connectivity index (χ0) is 11.8. The predicted octanol–water partition coefficient (Wildman–Crippen LogP) is 2.29. The second kappa shape index (κ2) is 4.00. The number of rotatable bonds is 1. The molecule has 1 aliphatic heterocycles. The van der Waals surface area contributed by atoms with E-state index in [1.54, 1.807) is 0 Å². The lowest BCUT2D eigenvalue weighted by molar-refractivity contribution is 0.542. The lowest BCUT2D eigenvalue weighted by Crippen LogP contribution is -2.28. The van der Waals surface area contributed by atoms with Crippen LogP contribution in [0.4, 0.5) is 0 Å². The Morgan fingerprint density at radius 2 is 2.29 bits per heavy atom. The van der Waals surface area contributed by atoms with Gasteiger partial charge in [0.1, 0.15) is 0 Å². The molecule has 3 heteroatoms. The highest BCUT2D eigenvalue weighted by molar-refractivity contribution is 5.68. The van der Waals surface area contributed by atoms with Gasteiger partial charge in [0, 0.05) is 24.8 Å². The third-order valence-corrected chi connectivity index (χ3v) is 3.49. The summed E-state index contributed by atoms with van der Waals surface area (Å²) in [5.41, 5.74) is 5.43. The second-order valence-electron chi connectivity index (χ2n) is 4.71. The van der Waals surface area contributed by atoms with E-state index in [9.17, 15) is 0 Å². The molecule has 3 nitrogen and oxygen atoms in total. The van der Waals surface area contributed by atoms with E-state index in [2.05, 4.69) is 41.7 Å². The first-order chi connectivity index (χ1) is 8.25. The molecule has 1 aromatic heterocycles. The first-order valence-electron chi connectivity index (χ1n) is 6.10. The smallest absolute Gasteiger partial charge is 0.0568 e. The molecule has 2 aromatic rings. The van der Waals surface area contributed by atoms with Gasteiger partial charge >= 0.3 is 0 Å². The van der Waals surface area contributed by atoms with Crippen molar-refractivity contribution in [2.75, 3.05) is 6.54 Å². The minimum absolute atomic E-state index is 0.426. The van der Waals surface area contributed by atoms with Crippen molar-refractivity contribution in [3.05, 3.63) is 41.7 Å². The summed E-state index contributed by atoms with van der Waals surface area (Å²) in [4.78, 5) is 0. The Hall–Kier alpha value is -1.61. The third-order valence-electron chi connectivity index (χ3n) is 3.49. The molecule has 1 N–H and O–H groups in total. The molecule has 1 aliphatic rings. The minimum atomic E-state index is 0.426. The number of nitrogens with one attached hydrogen (secondary N) is 1. The molecule has 0 spiro atoms. The molecular formula is C14H17N3. The number of nitrogens with zero attached hydrogens (tertiary/aromatic N) is 2.